The van der Waals surface area contributed by atoms with Crippen LogP contribution < -0.4 is 11.1 Å². The molecule has 0 aliphatic carbocycles. The molecule has 1 aromatic rings. The smallest absolute Gasteiger partial charge is 0.407 e. The van der Waals surface area contributed by atoms with Crippen LogP contribution in [0.15, 0.2) is 24.3 Å². The van der Waals surface area contributed by atoms with Gasteiger partial charge in [0.05, 0.1) is 0 Å². The number of halogens is 1. The molecule has 0 radical (unpaired) electrons. The first-order valence-corrected chi connectivity index (χ1v) is 6.24. The van der Waals surface area contributed by atoms with E-state index in [1.54, 1.807) is 39.0 Å². The average Bonchev–Trinajstić information content (AvgIpc) is 2.27. The molecule has 106 valence electrons. The molecule has 0 aromatic heterocycles. The molecule has 0 saturated carbocycles. The lowest BCUT2D eigenvalue weighted by molar-refractivity contribution is 0.0524. The third-order valence-electron chi connectivity index (χ3n) is 2.35. The fourth-order valence-corrected chi connectivity index (χ4v) is 1.55. The molecule has 1 atom stereocenters. The number of nitrogens with one attached hydrogen (secondary N) is 1. The van der Waals surface area contributed by atoms with Crippen LogP contribution in [0.4, 0.5) is 9.18 Å². The van der Waals surface area contributed by atoms with Crippen molar-refractivity contribution in [3.63, 3.8) is 0 Å². The Morgan fingerprint density at radius 3 is 2.63 bits per heavy atom. The summed E-state index contributed by atoms with van der Waals surface area (Å²) in [6.07, 6.45) is -0.154. The van der Waals surface area contributed by atoms with Crippen LogP contribution >= 0.6 is 0 Å². The van der Waals surface area contributed by atoms with Crippen molar-refractivity contribution < 1.29 is 13.9 Å². The van der Waals surface area contributed by atoms with Crippen molar-refractivity contribution in [2.75, 3.05) is 6.54 Å². The number of amides is 1. The molecule has 0 heterocycles. The van der Waals surface area contributed by atoms with E-state index in [4.69, 9.17) is 10.5 Å². The summed E-state index contributed by atoms with van der Waals surface area (Å²) in [7, 11) is 0. The Kier molecular flexibility index (Phi) is 5.30. The molecule has 0 saturated heterocycles. The molecule has 1 amide bonds. The van der Waals surface area contributed by atoms with Crippen molar-refractivity contribution in [2.45, 2.75) is 38.8 Å². The Labute approximate surface area is 113 Å². The van der Waals surface area contributed by atoms with Gasteiger partial charge in [0.15, 0.2) is 0 Å². The molecule has 5 heteroatoms. The minimum absolute atomic E-state index is 0.239. The highest BCUT2D eigenvalue weighted by atomic mass is 19.1. The van der Waals surface area contributed by atoms with Crippen molar-refractivity contribution >= 4 is 6.09 Å². The number of carbonyl (C=O) groups is 1. The lowest BCUT2D eigenvalue weighted by Crippen LogP contribution is -2.41. The Balaban J connectivity index is 2.38. The van der Waals surface area contributed by atoms with E-state index in [0.29, 0.717) is 12.0 Å². The van der Waals surface area contributed by atoms with Gasteiger partial charge >= 0.3 is 6.09 Å². The van der Waals surface area contributed by atoms with Crippen LogP contribution in [0.25, 0.3) is 0 Å². The number of hydrogen-bond acceptors (Lipinski definition) is 3. The zero-order chi connectivity index (χ0) is 14.5. The predicted molar refractivity (Wildman–Crippen MR) is 72.3 cm³/mol. The van der Waals surface area contributed by atoms with E-state index in [1.165, 1.54) is 6.07 Å². The normalized spacial score (nSPS) is 12.9. The summed E-state index contributed by atoms with van der Waals surface area (Å²) in [4.78, 5) is 11.4. The molecule has 0 aliphatic heterocycles. The number of benzene rings is 1. The molecule has 19 heavy (non-hydrogen) atoms. The number of alkyl carbamates (subject to hydrolysis) is 1. The fourth-order valence-electron chi connectivity index (χ4n) is 1.55. The van der Waals surface area contributed by atoms with Crippen molar-refractivity contribution in [3.8, 4) is 0 Å². The number of hydrogen-bond donors (Lipinski definition) is 2. The van der Waals surface area contributed by atoms with Crippen LogP contribution in [-0.2, 0) is 11.2 Å². The molecule has 4 nitrogen and oxygen atoms in total. The molecular formula is C14H21FN2O2. The Bertz CT molecular complexity index is 430. The van der Waals surface area contributed by atoms with Gasteiger partial charge in [-0.1, -0.05) is 18.2 Å². The largest absolute Gasteiger partial charge is 0.444 e. The fraction of sp³-hybridized carbons (Fsp3) is 0.500. The first kappa shape index (κ1) is 15.4. The summed E-state index contributed by atoms with van der Waals surface area (Å²) in [6.45, 7) is 5.59. The standard InChI is InChI=1S/C14H21FN2O2/c1-14(2,3)19-13(18)17-9-11(16)8-10-6-4-5-7-12(10)15/h4-7,11H,8-9,16H2,1-3H3,(H,17,18)/t11-/m0/s1. The second kappa shape index (κ2) is 6.52. The van der Waals surface area contributed by atoms with Gasteiger partial charge in [-0.25, -0.2) is 9.18 Å². The lowest BCUT2D eigenvalue weighted by atomic mass is 10.1. The highest BCUT2D eigenvalue weighted by Gasteiger charge is 2.16. The van der Waals surface area contributed by atoms with Gasteiger partial charge in [0, 0.05) is 12.6 Å². The van der Waals surface area contributed by atoms with Crippen molar-refractivity contribution in [3.05, 3.63) is 35.6 Å². The highest BCUT2D eigenvalue weighted by molar-refractivity contribution is 5.67. The van der Waals surface area contributed by atoms with Gasteiger partial charge in [-0.15, -0.1) is 0 Å². The molecule has 0 unspecified atom stereocenters. The maximum Gasteiger partial charge on any atom is 0.407 e. The van der Waals surface area contributed by atoms with Gasteiger partial charge in [0.2, 0.25) is 0 Å². The number of rotatable bonds is 4. The van der Waals surface area contributed by atoms with Gasteiger partial charge in [-0.2, -0.15) is 0 Å². The van der Waals surface area contributed by atoms with E-state index in [1.807, 2.05) is 0 Å². The molecule has 1 aromatic carbocycles. The number of nitrogens with two attached hydrogens (primary N) is 1. The van der Waals surface area contributed by atoms with Crippen LogP contribution in [-0.4, -0.2) is 24.3 Å². The first-order chi connectivity index (χ1) is 8.78. The van der Waals surface area contributed by atoms with E-state index >= 15 is 0 Å². The molecule has 0 bridgehead atoms. The van der Waals surface area contributed by atoms with E-state index < -0.39 is 11.7 Å². The maximum atomic E-state index is 13.4. The third-order valence-corrected chi connectivity index (χ3v) is 2.35. The van der Waals surface area contributed by atoms with Gasteiger partial charge in [0.1, 0.15) is 11.4 Å². The monoisotopic (exact) mass is 268 g/mol. The molecule has 1 rings (SSSR count). The second-order valence-corrected chi connectivity index (χ2v) is 5.44. The van der Waals surface area contributed by atoms with Crippen LogP contribution in [0.1, 0.15) is 26.3 Å². The molecule has 3 N–H and O–H groups in total. The Morgan fingerprint density at radius 1 is 1.42 bits per heavy atom. The van der Waals surface area contributed by atoms with Gasteiger partial charge in [0.25, 0.3) is 0 Å². The first-order valence-electron chi connectivity index (χ1n) is 6.24. The Morgan fingerprint density at radius 2 is 2.05 bits per heavy atom. The quantitative estimate of drug-likeness (QED) is 0.880. The summed E-state index contributed by atoms with van der Waals surface area (Å²) < 4.78 is 18.5. The van der Waals surface area contributed by atoms with Crippen molar-refractivity contribution in [1.82, 2.24) is 5.32 Å². The minimum Gasteiger partial charge on any atom is -0.444 e. The zero-order valence-electron chi connectivity index (χ0n) is 11.6. The summed E-state index contributed by atoms with van der Waals surface area (Å²) >= 11 is 0. The molecule has 0 spiro atoms. The number of ether oxygens (including phenoxy) is 1. The summed E-state index contributed by atoms with van der Waals surface area (Å²) in [6, 6.07) is 6.10. The van der Waals surface area contributed by atoms with Crippen molar-refractivity contribution in [2.24, 2.45) is 5.73 Å². The molecule has 0 fully saturated rings. The zero-order valence-corrected chi connectivity index (χ0v) is 11.6. The van der Waals surface area contributed by atoms with Crippen LogP contribution in [0, 0.1) is 5.82 Å². The minimum atomic E-state index is -0.542. The van der Waals surface area contributed by atoms with Gasteiger partial charge < -0.3 is 15.8 Å². The highest BCUT2D eigenvalue weighted by Crippen LogP contribution is 2.09. The van der Waals surface area contributed by atoms with E-state index in [2.05, 4.69) is 5.32 Å². The van der Waals surface area contributed by atoms with Crippen LogP contribution in [0.5, 0.6) is 0 Å². The van der Waals surface area contributed by atoms with Crippen LogP contribution in [0.2, 0.25) is 0 Å². The number of carbonyl (C=O) groups excluding carboxylic acids is 1. The summed E-state index contributed by atoms with van der Waals surface area (Å²) in [5, 5.41) is 2.57. The van der Waals surface area contributed by atoms with Gasteiger partial charge in [-0.05, 0) is 38.8 Å². The predicted octanol–water partition coefficient (Wildman–Crippen LogP) is 2.22. The third kappa shape index (κ3) is 6.20. The van der Waals surface area contributed by atoms with E-state index in [9.17, 15) is 9.18 Å². The summed E-state index contributed by atoms with van der Waals surface area (Å²) in [5.74, 6) is -0.282. The van der Waals surface area contributed by atoms with E-state index in [-0.39, 0.29) is 18.4 Å². The van der Waals surface area contributed by atoms with E-state index in [0.717, 1.165) is 0 Å². The molecule has 0 aliphatic rings. The van der Waals surface area contributed by atoms with Gasteiger partial charge in [-0.3, -0.25) is 0 Å². The maximum absolute atomic E-state index is 13.4. The molecular weight excluding hydrogens is 247 g/mol. The second-order valence-electron chi connectivity index (χ2n) is 5.44. The topological polar surface area (TPSA) is 64.3 Å². The lowest BCUT2D eigenvalue weighted by Gasteiger charge is -2.20. The SMILES string of the molecule is CC(C)(C)OC(=O)NC[C@@H](N)Cc1ccccc1F. The summed E-state index contributed by atoms with van der Waals surface area (Å²) in [5.41, 5.74) is 5.85. The average molecular weight is 268 g/mol. The van der Waals surface area contributed by atoms with Crippen molar-refractivity contribution in [1.29, 1.82) is 0 Å². The Hall–Kier alpha value is -1.62. The van der Waals surface area contributed by atoms with Crippen LogP contribution in [0.3, 0.4) is 0 Å².